The average Bonchev–Trinajstić information content (AvgIpc) is 1.68. The summed E-state index contributed by atoms with van der Waals surface area (Å²) in [5, 5.41) is 0. The Kier molecular flexibility index (Phi) is 4.66. The van der Waals surface area contributed by atoms with Crippen LogP contribution in [0.4, 0.5) is 0 Å². The number of rotatable bonds is 2. The topological polar surface area (TPSA) is 0 Å². The highest BCUT2D eigenvalue weighted by Gasteiger charge is 1.86. The van der Waals surface area contributed by atoms with Crippen molar-refractivity contribution in [1.29, 1.82) is 0 Å². The molecule has 0 aliphatic carbocycles. The second-order valence-electron chi connectivity index (χ2n) is 1.91. The lowest BCUT2D eigenvalue weighted by Gasteiger charge is -1.89. The van der Waals surface area contributed by atoms with Gasteiger partial charge in [0.1, 0.15) is 0 Å². The van der Waals surface area contributed by atoms with E-state index in [0.29, 0.717) is 0 Å². The van der Waals surface area contributed by atoms with Gasteiger partial charge >= 0.3 is 0 Å². The van der Waals surface area contributed by atoms with Gasteiger partial charge in [0.2, 0.25) is 0 Å². The molecule has 0 aromatic carbocycles. The third-order valence-electron chi connectivity index (χ3n) is 0.992. The van der Waals surface area contributed by atoms with E-state index in [9.17, 15) is 0 Å². The molecular weight excluding hydrogens is 112 g/mol. The quantitative estimate of drug-likeness (QED) is 0.497. The van der Waals surface area contributed by atoms with Crippen molar-refractivity contribution in [3.63, 3.8) is 0 Å². The van der Waals surface area contributed by atoms with E-state index in [0.717, 1.165) is 0 Å². The van der Waals surface area contributed by atoms with Crippen molar-refractivity contribution >= 4 is 8.80 Å². The predicted molar refractivity (Wildman–Crippen MR) is 42.6 cm³/mol. The first-order valence-corrected chi connectivity index (χ1v) is 5.55. The lowest BCUT2D eigenvalue weighted by Crippen LogP contribution is -1.95. The van der Waals surface area contributed by atoms with E-state index in [1.807, 2.05) is 0 Å². The van der Waals surface area contributed by atoms with Gasteiger partial charge in [-0.2, -0.15) is 0 Å². The Morgan fingerprint density at radius 3 is 1.62 bits per heavy atom. The standard InChI is InChI=1S/C7H14Si/c1-4-6-8(3)7-5-2/h4-8H,1-3H3. The Morgan fingerprint density at radius 1 is 1.00 bits per heavy atom. The molecule has 0 N–H and O–H groups in total. The van der Waals surface area contributed by atoms with Crippen LogP contribution < -0.4 is 0 Å². The van der Waals surface area contributed by atoms with Gasteiger partial charge in [-0.05, 0) is 13.8 Å². The van der Waals surface area contributed by atoms with E-state index in [-0.39, 0.29) is 0 Å². The van der Waals surface area contributed by atoms with Gasteiger partial charge in [-0.1, -0.05) is 30.1 Å². The molecule has 0 bridgehead atoms. The fourth-order valence-corrected chi connectivity index (χ4v) is 2.01. The van der Waals surface area contributed by atoms with Crippen molar-refractivity contribution in [2.45, 2.75) is 20.4 Å². The van der Waals surface area contributed by atoms with Crippen molar-refractivity contribution < 1.29 is 0 Å². The molecule has 0 spiro atoms. The summed E-state index contributed by atoms with van der Waals surface area (Å²) in [6.45, 7) is 6.46. The van der Waals surface area contributed by atoms with Crippen LogP contribution in [-0.4, -0.2) is 8.80 Å². The Hall–Kier alpha value is -0.303. The second kappa shape index (κ2) is 4.85. The first kappa shape index (κ1) is 7.70. The molecule has 0 nitrogen and oxygen atoms in total. The van der Waals surface area contributed by atoms with Gasteiger partial charge in [0.15, 0.2) is 0 Å². The number of allylic oxidation sites excluding steroid dienone is 2. The molecule has 0 aliphatic rings. The van der Waals surface area contributed by atoms with Crippen molar-refractivity contribution in [3.8, 4) is 0 Å². The monoisotopic (exact) mass is 126 g/mol. The molecule has 1 heteroatoms. The lowest BCUT2D eigenvalue weighted by atomic mass is 10.8. The molecule has 0 rings (SSSR count). The zero-order chi connectivity index (χ0) is 6.41. The largest absolute Gasteiger partial charge is 0.0979 e. The molecule has 0 saturated heterocycles. The smallest absolute Gasteiger partial charge is 0.0813 e. The van der Waals surface area contributed by atoms with Crippen molar-refractivity contribution in [2.24, 2.45) is 0 Å². The molecule has 8 heavy (non-hydrogen) atoms. The first-order chi connectivity index (χ1) is 3.81. The normalized spacial score (nSPS) is 15.9. The van der Waals surface area contributed by atoms with Crippen LogP contribution in [-0.2, 0) is 0 Å². The molecule has 0 saturated carbocycles. The van der Waals surface area contributed by atoms with Crippen LogP contribution in [0.25, 0.3) is 0 Å². The lowest BCUT2D eigenvalue weighted by molar-refractivity contribution is 1.74. The molecular formula is C7H14Si. The zero-order valence-corrected chi connectivity index (χ0v) is 7.04. The molecule has 0 atom stereocenters. The highest BCUT2D eigenvalue weighted by atomic mass is 28.3. The zero-order valence-electron chi connectivity index (χ0n) is 5.89. The summed E-state index contributed by atoms with van der Waals surface area (Å²) in [5.74, 6) is 0. The van der Waals surface area contributed by atoms with Gasteiger partial charge in [0.25, 0.3) is 0 Å². The summed E-state index contributed by atoms with van der Waals surface area (Å²) in [7, 11) is -0.563. The van der Waals surface area contributed by atoms with E-state index in [2.05, 4.69) is 43.9 Å². The third kappa shape index (κ3) is 3.87. The molecule has 0 radical (unpaired) electrons. The van der Waals surface area contributed by atoms with Gasteiger partial charge < -0.3 is 0 Å². The van der Waals surface area contributed by atoms with Crippen LogP contribution in [0.2, 0.25) is 6.55 Å². The predicted octanol–water partition coefficient (Wildman–Crippen LogP) is 2.07. The highest BCUT2D eigenvalue weighted by Crippen LogP contribution is 1.85. The van der Waals surface area contributed by atoms with Gasteiger partial charge in [-0.15, -0.1) is 0 Å². The first-order valence-electron chi connectivity index (χ1n) is 3.07. The molecule has 0 amide bonds. The minimum atomic E-state index is -0.563. The molecule has 46 valence electrons. The summed E-state index contributed by atoms with van der Waals surface area (Å²) in [6.07, 6.45) is 4.27. The Labute approximate surface area is 53.5 Å². The summed E-state index contributed by atoms with van der Waals surface area (Å²) in [5.41, 5.74) is 4.61. The minimum Gasteiger partial charge on any atom is -0.0979 e. The highest BCUT2D eigenvalue weighted by molar-refractivity contribution is 6.68. The third-order valence-corrected chi connectivity index (χ3v) is 2.98. The maximum atomic E-state index is 2.31. The molecule has 0 aromatic heterocycles. The maximum absolute atomic E-state index is 2.31. The molecule has 0 heterocycles. The van der Waals surface area contributed by atoms with E-state index in [4.69, 9.17) is 0 Å². The number of hydrogen-bond acceptors (Lipinski definition) is 0. The van der Waals surface area contributed by atoms with Gasteiger partial charge in [0.05, 0.1) is 8.80 Å². The molecule has 0 aliphatic heterocycles. The van der Waals surface area contributed by atoms with Crippen LogP contribution in [0.3, 0.4) is 0 Å². The van der Waals surface area contributed by atoms with Crippen LogP contribution in [0, 0.1) is 0 Å². The number of hydrogen-bond donors (Lipinski definition) is 0. The van der Waals surface area contributed by atoms with E-state index in [1.54, 1.807) is 0 Å². The van der Waals surface area contributed by atoms with Gasteiger partial charge in [-0.25, -0.2) is 0 Å². The summed E-state index contributed by atoms with van der Waals surface area (Å²) < 4.78 is 0. The molecule has 0 unspecified atom stereocenters. The molecule has 0 fully saturated rings. The fourth-order valence-electron chi connectivity index (χ4n) is 0.671. The van der Waals surface area contributed by atoms with Gasteiger partial charge in [-0.3, -0.25) is 0 Å². The molecule has 0 aromatic rings. The van der Waals surface area contributed by atoms with Crippen molar-refractivity contribution in [1.82, 2.24) is 0 Å². The van der Waals surface area contributed by atoms with E-state index >= 15 is 0 Å². The van der Waals surface area contributed by atoms with Crippen molar-refractivity contribution in [3.05, 3.63) is 23.6 Å². The Morgan fingerprint density at radius 2 is 1.38 bits per heavy atom. The van der Waals surface area contributed by atoms with E-state index < -0.39 is 8.80 Å². The van der Waals surface area contributed by atoms with Crippen LogP contribution in [0.1, 0.15) is 13.8 Å². The fraction of sp³-hybridized carbons (Fsp3) is 0.429. The second-order valence-corrected chi connectivity index (χ2v) is 4.40. The Bertz CT molecular complexity index is 80.6. The summed E-state index contributed by atoms with van der Waals surface area (Å²) in [6, 6.07) is 0. The van der Waals surface area contributed by atoms with Crippen molar-refractivity contribution in [2.75, 3.05) is 0 Å². The van der Waals surface area contributed by atoms with E-state index in [1.165, 1.54) is 0 Å². The summed E-state index contributed by atoms with van der Waals surface area (Å²) >= 11 is 0. The van der Waals surface area contributed by atoms with Crippen LogP contribution in [0.5, 0.6) is 0 Å². The SMILES string of the molecule is CC=C[SiH](C)C=CC. The van der Waals surface area contributed by atoms with Crippen LogP contribution in [0.15, 0.2) is 23.6 Å². The maximum Gasteiger partial charge on any atom is 0.0813 e. The summed E-state index contributed by atoms with van der Waals surface area (Å²) in [4.78, 5) is 0. The average molecular weight is 126 g/mol. The van der Waals surface area contributed by atoms with Gasteiger partial charge in [0, 0.05) is 0 Å². The minimum absolute atomic E-state index is 0.563. The Balaban J connectivity index is 3.47. The van der Waals surface area contributed by atoms with Crippen LogP contribution >= 0.6 is 0 Å².